The summed E-state index contributed by atoms with van der Waals surface area (Å²) >= 11 is 1.18. The van der Waals surface area contributed by atoms with Crippen LogP contribution >= 0.6 is 11.8 Å². The molecule has 0 spiro atoms. The van der Waals surface area contributed by atoms with Crippen molar-refractivity contribution in [1.29, 1.82) is 10.7 Å². The molecule has 140 valence electrons. The monoisotopic (exact) mass is 389 g/mol. The average molecular weight is 390 g/mol. The second kappa shape index (κ2) is 8.70. The van der Waals surface area contributed by atoms with E-state index in [0.29, 0.717) is 16.8 Å². The molecule has 2 unspecified atom stereocenters. The van der Waals surface area contributed by atoms with Crippen LogP contribution in [0.2, 0.25) is 0 Å². The molecule has 0 aliphatic heterocycles. The Morgan fingerprint density at radius 1 is 1.07 bits per heavy atom. The molecule has 0 radical (unpaired) electrons. The van der Waals surface area contributed by atoms with Gasteiger partial charge in [-0.2, -0.15) is 5.26 Å². The summed E-state index contributed by atoms with van der Waals surface area (Å²) in [5.41, 5.74) is 8.66. The number of thioether (sulfide) groups is 1. The molecule has 3 rings (SSSR count). The van der Waals surface area contributed by atoms with Gasteiger partial charge in [0.2, 0.25) is 0 Å². The highest BCUT2D eigenvalue weighted by Crippen LogP contribution is 2.32. The van der Waals surface area contributed by atoms with Crippen LogP contribution in [0.5, 0.6) is 0 Å². The molecule has 6 heteroatoms. The Hall–Kier alpha value is -3.14. The fraction of sp³-hybridized carbons (Fsp3) is 0.136. The van der Waals surface area contributed by atoms with Crippen LogP contribution in [0.15, 0.2) is 78.0 Å². The van der Waals surface area contributed by atoms with E-state index in [1.165, 1.54) is 11.8 Å². The topological polar surface area (TPSA) is 97.8 Å². The molecule has 2 atom stereocenters. The zero-order valence-corrected chi connectivity index (χ0v) is 16.2. The number of pyridine rings is 1. The lowest BCUT2D eigenvalue weighted by molar-refractivity contribution is -0.671. The van der Waals surface area contributed by atoms with Gasteiger partial charge in [-0.3, -0.25) is 5.41 Å². The minimum Gasteiger partial charge on any atom is -0.398 e. The van der Waals surface area contributed by atoms with Crippen molar-refractivity contribution in [2.24, 2.45) is 7.05 Å². The molecule has 0 fully saturated rings. The van der Waals surface area contributed by atoms with Gasteiger partial charge >= 0.3 is 0 Å². The summed E-state index contributed by atoms with van der Waals surface area (Å²) in [5, 5.41) is 29.0. The summed E-state index contributed by atoms with van der Waals surface area (Å²) in [6.07, 6.45) is 2.95. The largest absolute Gasteiger partial charge is 0.398 e. The van der Waals surface area contributed by atoms with E-state index in [1.54, 1.807) is 24.3 Å². The molecule has 4 N–H and O–H groups in total. The number of aromatic nitrogens is 1. The Bertz CT molecular complexity index is 1030. The number of aliphatic hydroxyl groups excluding tert-OH is 1. The van der Waals surface area contributed by atoms with Gasteiger partial charge in [0.15, 0.2) is 12.4 Å². The fourth-order valence-electron chi connectivity index (χ4n) is 2.83. The first-order chi connectivity index (χ1) is 13.5. The van der Waals surface area contributed by atoms with Crippen molar-refractivity contribution < 1.29 is 9.67 Å². The van der Waals surface area contributed by atoms with Gasteiger partial charge in [0.05, 0.1) is 11.1 Å². The van der Waals surface area contributed by atoms with Gasteiger partial charge < -0.3 is 10.8 Å². The number of nitrogen functional groups attached to an aromatic ring is 1. The maximum Gasteiger partial charge on any atom is 0.168 e. The lowest BCUT2D eigenvalue weighted by atomic mass is 9.95. The van der Waals surface area contributed by atoms with E-state index < -0.39 is 12.0 Å². The van der Waals surface area contributed by atoms with E-state index in [0.717, 1.165) is 10.5 Å². The summed E-state index contributed by atoms with van der Waals surface area (Å²) in [6, 6.07) is 20.4. The van der Waals surface area contributed by atoms with Crippen LogP contribution in [0, 0.1) is 16.7 Å². The molecule has 0 aliphatic carbocycles. The third kappa shape index (κ3) is 4.39. The number of nitrogens with zero attached hydrogens (tertiary/aromatic N) is 2. The maximum atomic E-state index is 10.7. The van der Waals surface area contributed by atoms with Crippen LogP contribution in [-0.2, 0) is 7.05 Å². The number of anilines is 1. The van der Waals surface area contributed by atoms with Gasteiger partial charge in [-0.05, 0) is 28.8 Å². The van der Waals surface area contributed by atoms with Gasteiger partial charge in [0.1, 0.15) is 19.1 Å². The molecule has 28 heavy (non-hydrogen) atoms. The van der Waals surface area contributed by atoms with E-state index >= 15 is 0 Å². The van der Waals surface area contributed by atoms with Crippen molar-refractivity contribution in [2.75, 3.05) is 5.73 Å². The number of nitriles is 1. The highest BCUT2D eigenvalue weighted by molar-refractivity contribution is 8.14. The van der Waals surface area contributed by atoms with Crippen molar-refractivity contribution in [3.8, 4) is 6.07 Å². The van der Waals surface area contributed by atoms with Crippen LogP contribution in [0.3, 0.4) is 0 Å². The predicted octanol–water partition coefficient (Wildman–Crippen LogP) is 3.55. The van der Waals surface area contributed by atoms with Gasteiger partial charge in [0, 0.05) is 22.7 Å². The summed E-state index contributed by atoms with van der Waals surface area (Å²) in [4.78, 5) is 0.751. The van der Waals surface area contributed by atoms with Crippen LogP contribution in [0.1, 0.15) is 28.7 Å². The number of nitrogens with two attached hydrogens (primary N) is 1. The molecule has 1 aromatic heterocycles. The quantitative estimate of drug-likeness (QED) is 0.204. The number of aryl methyl sites for hydroxylation is 1. The summed E-state index contributed by atoms with van der Waals surface area (Å²) in [7, 11) is 1.91. The molecule has 0 amide bonds. The molecule has 2 aromatic carbocycles. The van der Waals surface area contributed by atoms with Gasteiger partial charge in [0.25, 0.3) is 0 Å². The summed E-state index contributed by atoms with van der Waals surface area (Å²) in [5.74, 6) is -0.731. The average Bonchev–Trinajstić information content (AvgIpc) is 2.70. The highest BCUT2D eigenvalue weighted by atomic mass is 32.2. The van der Waals surface area contributed by atoms with E-state index in [9.17, 15) is 10.4 Å². The van der Waals surface area contributed by atoms with E-state index in [2.05, 4.69) is 6.07 Å². The van der Waals surface area contributed by atoms with E-state index in [4.69, 9.17) is 11.1 Å². The SMILES string of the molecule is C[n+]1ccc(C(O)c2cccc(C(C#N)C(=N)Sc3ccccc3N)c2)cc1. The van der Waals surface area contributed by atoms with Gasteiger partial charge in [-0.25, -0.2) is 4.57 Å². The smallest absolute Gasteiger partial charge is 0.168 e. The minimum atomic E-state index is -0.799. The van der Waals surface area contributed by atoms with Crippen molar-refractivity contribution in [3.05, 3.63) is 89.7 Å². The number of rotatable bonds is 5. The molecule has 0 aliphatic rings. The minimum absolute atomic E-state index is 0.193. The molecule has 0 saturated carbocycles. The van der Waals surface area contributed by atoms with Crippen LogP contribution < -0.4 is 10.3 Å². The Labute approximate surface area is 168 Å². The zero-order chi connectivity index (χ0) is 20.1. The first kappa shape index (κ1) is 19.6. The molecule has 5 nitrogen and oxygen atoms in total. The lowest BCUT2D eigenvalue weighted by Gasteiger charge is -2.15. The van der Waals surface area contributed by atoms with Crippen LogP contribution in [-0.4, -0.2) is 10.2 Å². The first-order valence-electron chi connectivity index (χ1n) is 8.73. The van der Waals surface area contributed by atoms with E-state index in [-0.39, 0.29) is 5.04 Å². The van der Waals surface area contributed by atoms with Crippen LogP contribution in [0.25, 0.3) is 0 Å². The van der Waals surface area contributed by atoms with E-state index in [1.807, 2.05) is 60.4 Å². The van der Waals surface area contributed by atoms with Crippen LogP contribution in [0.4, 0.5) is 5.69 Å². The predicted molar refractivity (Wildman–Crippen MR) is 111 cm³/mol. The number of para-hydroxylation sites is 1. The normalized spacial score (nSPS) is 12.8. The zero-order valence-electron chi connectivity index (χ0n) is 15.4. The third-order valence-electron chi connectivity index (χ3n) is 4.41. The van der Waals surface area contributed by atoms with Gasteiger partial charge in [-0.1, -0.05) is 48.2 Å². The molecule has 0 saturated heterocycles. The lowest BCUT2D eigenvalue weighted by Crippen LogP contribution is -2.26. The Balaban J connectivity index is 1.84. The summed E-state index contributed by atoms with van der Waals surface area (Å²) in [6.45, 7) is 0. The molecular weight excluding hydrogens is 368 g/mol. The Morgan fingerprint density at radius 2 is 1.75 bits per heavy atom. The molecule has 0 bridgehead atoms. The number of aliphatic hydroxyl groups is 1. The fourth-order valence-corrected chi connectivity index (χ4v) is 3.71. The standard InChI is InChI=1S/C22H21N4OS/c1-26-11-9-15(10-12-26)21(27)17-6-4-5-16(13-17)18(14-23)22(25)28-20-8-3-2-7-19(20)24/h2-13,18,21,25,27H,24H2,1H3/q+1. The van der Waals surface area contributed by atoms with Crippen molar-refractivity contribution >= 4 is 22.5 Å². The second-order valence-electron chi connectivity index (χ2n) is 6.44. The highest BCUT2D eigenvalue weighted by Gasteiger charge is 2.20. The van der Waals surface area contributed by atoms with Crippen molar-refractivity contribution in [1.82, 2.24) is 0 Å². The second-order valence-corrected chi connectivity index (χ2v) is 7.52. The molecular formula is C22H21N4OS+. The third-order valence-corrected chi connectivity index (χ3v) is 5.46. The Morgan fingerprint density at radius 3 is 2.43 bits per heavy atom. The summed E-state index contributed by atoms with van der Waals surface area (Å²) < 4.78 is 1.90. The number of hydrogen-bond donors (Lipinski definition) is 3. The van der Waals surface area contributed by atoms with Crippen molar-refractivity contribution in [2.45, 2.75) is 16.9 Å². The number of benzene rings is 2. The number of hydrogen-bond acceptors (Lipinski definition) is 5. The van der Waals surface area contributed by atoms with Crippen molar-refractivity contribution in [3.63, 3.8) is 0 Å². The number of nitrogens with one attached hydrogen (secondary N) is 1. The first-order valence-corrected chi connectivity index (χ1v) is 9.54. The molecule has 3 aromatic rings. The Kier molecular flexibility index (Phi) is 6.09. The maximum absolute atomic E-state index is 10.7. The molecule has 1 heterocycles. The van der Waals surface area contributed by atoms with Gasteiger partial charge in [-0.15, -0.1) is 0 Å².